The number of carbonyl (C=O) groups excluding carboxylic acids is 1. The minimum Gasteiger partial charge on any atom is -0.475 e. The molecule has 0 N–H and O–H groups in total. The summed E-state index contributed by atoms with van der Waals surface area (Å²) in [7, 11) is 1.34. The molecule has 4 heteroatoms. The number of hydrogen-bond acceptors (Lipinski definition) is 4. The molecule has 1 heterocycles. The summed E-state index contributed by atoms with van der Waals surface area (Å²) in [6.45, 7) is 3.79. The maximum atomic E-state index is 11.1. The van der Waals surface area contributed by atoms with Crippen LogP contribution in [0, 0.1) is 0 Å². The SMILES string of the molecule is COC(=O)c1ccnc(OC(C)C)c1. The molecule has 14 heavy (non-hydrogen) atoms. The van der Waals surface area contributed by atoms with Crippen molar-refractivity contribution in [1.82, 2.24) is 4.98 Å². The molecule has 0 saturated carbocycles. The maximum absolute atomic E-state index is 11.1. The first-order valence-electron chi connectivity index (χ1n) is 4.34. The Kier molecular flexibility index (Phi) is 3.45. The first-order valence-corrected chi connectivity index (χ1v) is 4.34. The molecule has 0 bridgehead atoms. The first-order chi connectivity index (χ1) is 6.63. The Hall–Kier alpha value is -1.58. The Balaban J connectivity index is 2.84. The number of rotatable bonds is 3. The molecule has 0 aliphatic rings. The van der Waals surface area contributed by atoms with E-state index in [9.17, 15) is 4.79 Å². The molecule has 0 amide bonds. The van der Waals surface area contributed by atoms with Crippen molar-refractivity contribution >= 4 is 5.97 Å². The highest BCUT2D eigenvalue weighted by atomic mass is 16.5. The lowest BCUT2D eigenvalue weighted by Gasteiger charge is -2.08. The summed E-state index contributed by atoms with van der Waals surface area (Å²) in [6.07, 6.45) is 1.56. The zero-order chi connectivity index (χ0) is 10.6. The van der Waals surface area contributed by atoms with Gasteiger partial charge in [0.2, 0.25) is 5.88 Å². The lowest BCUT2D eigenvalue weighted by atomic mass is 10.3. The second-order valence-electron chi connectivity index (χ2n) is 3.04. The zero-order valence-corrected chi connectivity index (χ0v) is 8.48. The molecule has 1 aromatic rings. The van der Waals surface area contributed by atoms with E-state index >= 15 is 0 Å². The van der Waals surface area contributed by atoms with Gasteiger partial charge in [-0.05, 0) is 19.9 Å². The van der Waals surface area contributed by atoms with Gasteiger partial charge in [0.25, 0.3) is 0 Å². The lowest BCUT2D eigenvalue weighted by Crippen LogP contribution is -2.08. The number of methoxy groups -OCH3 is 1. The van der Waals surface area contributed by atoms with Gasteiger partial charge in [0.15, 0.2) is 0 Å². The smallest absolute Gasteiger partial charge is 0.338 e. The topological polar surface area (TPSA) is 48.4 Å². The lowest BCUT2D eigenvalue weighted by molar-refractivity contribution is 0.0599. The van der Waals surface area contributed by atoms with Crippen molar-refractivity contribution in [2.24, 2.45) is 0 Å². The van der Waals surface area contributed by atoms with E-state index in [0.717, 1.165) is 0 Å². The van der Waals surface area contributed by atoms with Crippen LogP contribution in [0.5, 0.6) is 5.88 Å². The zero-order valence-electron chi connectivity index (χ0n) is 8.48. The highest BCUT2D eigenvalue weighted by Crippen LogP contribution is 2.11. The van der Waals surface area contributed by atoms with Crippen LogP contribution in [0.2, 0.25) is 0 Å². The standard InChI is InChI=1S/C10H13NO3/c1-7(2)14-9-6-8(4-5-11-9)10(12)13-3/h4-7H,1-3H3. The first kappa shape index (κ1) is 10.5. The van der Waals surface area contributed by atoms with Gasteiger partial charge >= 0.3 is 5.97 Å². The Morgan fingerprint density at radius 3 is 2.79 bits per heavy atom. The van der Waals surface area contributed by atoms with Gasteiger partial charge in [-0.2, -0.15) is 0 Å². The van der Waals surface area contributed by atoms with E-state index in [0.29, 0.717) is 11.4 Å². The number of nitrogens with zero attached hydrogens (tertiary/aromatic N) is 1. The third-order valence-corrected chi connectivity index (χ3v) is 1.51. The second kappa shape index (κ2) is 4.60. The monoisotopic (exact) mass is 195 g/mol. The predicted molar refractivity (Wildman–Crippen MR) is 51.3 cm³/mol. The Bertz CT molecular complexity index is 323. The Morgan fingerprint density at radius 2 is 2.21 bits per heavy atom. The van der Waals surface area contributed by atoms with Crippen LogP contribution in [-0.2, 0) is 4.74 Å². The van der Waals surface area contributed by atoms with Crippen LogP contribution < -0.4 is 4.74 Å². The Labute approximate surface area is 82.9 Å². The summed E-state index contributed by atoms with van der Waals surface area (Å²) in [6, 6.07) is 3.14. The van der Waals surface area contributed by atoms with E-state index in [2.05, 4.69) is 9.72 Å². The molecule has 0 fully saturated rings. The molecule has 76 valence electrons. The fourth-order valence-corrected chi connectivity index (χ4v) is 0.960. The van der Waals surface area contributed by atoms with Crippen molar-refractivity contribution < 1.29 is 14.3 Å². The van der Waals surface area contributed by atoms with Crippen LogP contribution in [0.3, 0.4) is 0 Å². The van der Waals surface area contributed by atoms with E-state index in [4.69, 9.17) is 4.74 Å². The molecular weight excluding hydrogens is 182 g/mol. The molecular formula is C10H13NO3. The normalized spacial score (nSPS) is 10.0. The second-order valence-corrected chi connectivity index (χ2v) is 3.04. The average Bonchev–Trinajstić information content (AvgIpc) is 2.16. The molecule has 0 atom stereocenters. The van der Waals surface area contributed by atoms with E-state index in [-0.39, 0.29) is 12.1 Å². The van der Waals surface area contributed by atoms with Crippen molar-refractivity contribution in [3.05, 3.63) is 23.9 Å². The Morgan fingerprint density at radius 1 is 1.50 bits per heavy atom. The van der Waals surface area contributed by atoms with Gasteiger partial charge in [0, 0.05) is 12.3 Å². The van der Waals surface area contributed by atoms with Gasteiger partial charge in [0.05, 0.1) is 18.8 Å². The van der Waals surface area contributed by atoms with E-state index in [1.807, 2.05) is 13.8 Å². The van der Waals surface area contributed by atoms with Crippen LogP contribution in [0.25, 0.3) is 0 Å². The van der Waals surface area contributed by atoms with Crippen LogP contribution in [-0.4, -0.2) is 24.2 Å². The van der Waals surface area contributed by atoms with Crippen molar-refractivity contribution in [3.63, 3.8) is 0 Å². The number of esters is 1. The van der Waals surface area contributed by atoms with Crippen LogP contribution in [0.1, 0.15) is 24.2 Å². The van der Waals surface area contributed by atoms with Gasteiger partial charge in [-0.1, -0.05) is 0 Å². The predicted octanol–water partition coefficient (Wildman–Crippen LogP) is 1.66. The van der Waals surface area contributed by atoms with Gasteiger partial charge in [0.1, 0.15) is 0 Å². The molecule has 0 spiro atoms. The van der Waals surface area contributed by atoms with E-state index in [1.54, 1.807) is 12.1 Å². The van der Waals surface area contributed by atoms with Gasteiger partial charge in [-0.3, -0.25) is 0 Å². The van der Waals surface area contributed by atoms with Crippen molar-refractivity contribution in [2.45, 2.75) is 20.0 Å². The van der Waals surface area contributed by atoms with Gasteiger partial charge in [-0.15, -0.1) is 0 Å². The third kappa shape index (κ3) is 2.73. The van der Waals surface area contributed by atoms with Gasteiger partial charge < -0.3 is 9.47 Å². The van der Waals surface area contributed by atoms with Crippen molar-refractivity contribution in [1.29, 1.82) is 0 Å². The minimum atomic E-state index is -0.388. The van der Waals surface area contributed by atoms with Crippen molar-refractivity contribution in [2.75, 3.05) is 7.11 Å². The summed E-state index contributed by atoms with van der Waals surface area (Å²) in [5, 5.41) is 0. The van der Waals surface area contributed by atoms with Crippen LogP contribution in [0.15, 0.2) is 18.3 Å². The summed E-state index contributed by atoms with van der Waals surface area (Å²) in [5.41, 5.74) is 0.443. The molecule has 4 nitrogen and oxygen atoms in total. The summed E-state index contributed by atoms with van der Waals surface area (Å²) in [5.74, 6) is 0.0453. The molecule has 0 aliphatic carbocycles. The molecule has 0 aliphatic heterocycles. The summed E-state index contributed by atoms with van der Waals surface area (Å²) >= 11 is 0. The number of hydrogen-bond donors (Lipinski definition) is 0. The molecule has 0 aromatic carbocycles. The largest absolute Gasteiger partial charge is 0.475 e. The quantitative estimate of drug-likeness (QED) is 0.688. The third-order valence-electron chi connectivity index (χ3n) is 1.51. The van der Waals surface area contributed by atoms with E-state index in [1.165, 1.54) is 13.3 Å². The maximum Gasteiger partial charge on any atom is 0.338 e. The summed E-state index contributed by atoms with van der Waals surface area (Å²) in [4.78, 5) is 15.1. The number of ether oxygens (including phenoxy) is 2. The molecule has 0 saturated heterocycles. The molecule has 1 rings (SSSR count). The number of aromatic nitrogens is 1. The summed E-state index contributed by atoms with van der Waals surface area (Å²) < 4.78 is 9.90. The van der Waals surface area contributed by atoms with E-state index < -0.39 is 0 Å². The number of carbonyl (C=O) groups is 1. The number of pyridine rings is 1. The van der Waals surface area contributed by atoms with Gasteiger partial charge in [-0.25, -0.2) is 9.78 Å². The molecule has 0 unspecified atom stereocenters. The van der Waals surface area contributed by atoms with Crippen LogP contribution >= 0.6 is 0 Å². The highest BCUT2D eigenvalue weighted by molar-refractivity contribution is 5.89. The average molecular weight is 195 g/mol. The molecule has 0 radical (unpaired) electrons. The molecule has 1 aromatic heterocycles. The fraction of sp³-hybridized carbons (Fsp3) is 0.400. The van der Waals surface area contributed by atoms with Crippen molar-refractivity contribution in [3.8, 4) is 5.88 Å². The van der Waals surface area contributed by atoms with Crippen LogP contribution in [0.4, 0.5) is 0 Å². The fourth-order valence-electron chi connectivity index (χ4n) is 0.960. The minimum absolute atomic E-state index is 0.0374. The highest BCUT2D eigenvalue weighted by Gasteiger charge is 2.07.